The molecule has 110 valence electrons. The Bertz CT molecular complexity index is 632. The molecule has 1 saturated heterocycles. The highest BCUT2D eigenvalue weighted by molar-refractivity contribution is 7.99. The molecule has 0 atom stereocenters. The standard InChI is InChI=1S/C15H18N4OS/c16-12-4-1-2-5-14(12)19-8-6-13(17-19)15(20)18-7-3-10-21-11-9-18/h1-2,4-6,8H,3,7,9-11,16H2. The first kappa shape index (κ1) is 14.0. The fourth-order valence-corrected chi connectivity index (χ4v) is 3.27. The molecule has 2 heterocycles. The van der Waals surface area contributed by atoms with E-state index in [0.717, 1.165) is 36.7 Å². The molecule has 1 aromatic carbocycles. The molecule has 0 bridgehead atoms. The summed E-state index contributed by atoms with van der Waals surface area (Å²) in [6.07, 6.45) is 2.83. The molecule has 1 aliphatic rings. The third kappa shape index (κ3) is 3.05. The van der Waals surface area contributed by atoms with Crippen molar-refractivity contribution in [2.75, 3.05) is 30.3 Å². The normalized spacial score (nSPS) is 15.7. The molecule has 3 rings (SSSR count). The lowest BCUT2D eigenvalue weighted by molar-refractivity contribution is 0.0762. The van der Waals surface area contributed by atoms with E-state index in [1.807, 2.05) is 40.9 Å². The highest BCUT2D eigenvalue weighted by atomic mass is 32.2. The fraction of sp³-hybridized carbons (Fsp3) is 0.333. The number of hydrogen-bond acceptors (Lipinski definition) is 4. The van der Waals surface area contributed by atoms with Gasteiger partial charge in [-0.15, -0.1) is 0 Å². The van der Waals surface area contributed by atoms with Crippen molar-refractivity contribution >= 4 is 23.4 Å². The molecule has 1 aromatic heterocycles. The van der Waals surface area contributed by atoms with Crippen LogP contribution < -0.4 is 5.73 Å². The number of nitrogens with zero attached hydrogens (tertiary/aromatic N) is 3. The van der Waals surface area contributed by atoms with Crippen LogP contribution >= 0.6 is 11.8 Å². The highest BCUT2D eigenvalue weighted by Crippen LogP contribution is 2.17. The van der Waals surface area contributed by atoms with Crippen LogP contribution in [0.25, 0.3) is 5.69 Å². The first-order valence-electron chi connectivity index (χ1n) is 7.03. The molecule has 0 unspecified atom stereocenters. The van der Waals surface area contributed by atoms with Gasteiger partial charge in [-0.05, 0) is 30.4 Å². The van der Waals surface area contributed by atoms with Crippen molar-refractivity contribution in [2.45, 2.75) is 6.42 Å². The average Bonchev–Trinajstić information content (AvgIpc) is 2.82. The molecule has 1 fully saturated rings. The SMILES string of the molecule is Nc1ccccc1-n1ccc(C(=O)N2CCCSCC2)n1. The molecule has 2 aromatic rings. The molecular weight excluding hydrogens is 284 g/mol. The number of nitrogen functional groups attached to an aromatic ring is 1. The van der Waals surface area contributed by atoms with E-state index in [0.29, 0.717) is 11.4 Å². The summed E-state index contributed by atoms with van der Waals surface area (Å²) >= 11 is 1.90. The molecule has 1 amide bonds. The zero-order valence-electron chi connectivity index (χ0n) is 11.7. The van der Waals surface area contributed by atoms with E-state index in [9.17, 15) is 4.79 Å². The summed E-state index contributed by atoms with van der Waals surface area (Å²) in [5, 5.41) is 4.39. The number of anilines is 1. The molecule has 1 aliphatic heterocycles. The number of hydrogen-bond donors (Lipinski definition) is 1. The predicted octanol–water partition coefficient (Wildman–Crippen LogP) is 2.03. The lowest BCUT2D eigenvalue weighted by Gasteiger charge is -2.18. The number of carbonyl (C=O) groups is 1. The molecule has 0 spiro atoms. The van der Waals surface area contributed by atoms with Crippen molar-refractivity contribution < 1.29 is 4.79 Å². The second-order valence-corrected chi connectivity index (χ2v) is 6.19. The second-order valence-electron chi connectivity index (χ2n) is 4.96. The van der Waals surface area contributed by atoms with E-state index in [2.05, 4.69) is 5.10 Å². The molecule has 5 nitrogen and oxygen atoms in total. The van der Waals surface area contributed by atoms with Crippen LogP contribution in [0.3, 0.4) is 0 Å². The number of rotatable bonds is 2. The molecule has 6 heteroatoms. The number of nitrogens with two attached hydrogens (primary N) is 1. The van der Waals surface area contributed by atoms with E-state index >= 15 is 0 Å². The van der Waals surface area contributed by atoms with Gasteiger partial charge < -0.3 is 10.6 Å². The minimum absolute atomic E-state index is 0.00533. The second kappa shape index (κ2) is 6.22. The van der Waals surface area contributed by atoms with Gasteiger partial charge >= 0.3 is 0 Å². The average molecular weight is 302 g/mol. The van der Waals surface area contributed by atoms with Crippen LogP contribution in [0.2, 0.25) is 0 Å². The van der Waals surface area contributed by atoms with Gasteiger partial charge in [0, 0.05) is 25.0 Å². The monoisotopic (exact) mass is 302 g/mol. The van der Waals surface area contributed by atoms with E-state index in [1.165, 1.54) is 0 Å². The Balaban J connectivity index is 1.81. The summed E-state index contributed by atoms with van der Waals surface area (Å²) < 4.78 is 1.66. The third-order valence-electron chi connectivity index (χ3n) is 3.50. The Morgan fingerprint density at radius 2 is 2.05 bits per heavy atom. The smallest absolute Gasteiger partial charge is 0.274 e. The van der Waals surface area contributed by atoms with E-state index in [1.54, 1.807) is 16.9 Å². The number of para-hydroxylation sites is 2. The van der Waals surface area contributed by atoms with Crippen LogP contribution in [-0.2, 0) is 0 Å². The van der Waals surface area contributed by atoms with E-state index in [-0.39, 0.29) is 5.91 Å². The van der Waals surface area contributed by atoms with Crippen molar-refractivity contribution in [3.8, 4) is 5.69 Å². The van der Waals surface area contributed by atoms with Crippen molar-refractivity contribution in [1.82, 2.24) is 14.7 Å². The Hall–Kier alpha value is -1.95. The summed E-state index contributed by atoms with van der Waals surface area (Å²) in [4.78, 5) is 14.4. The fourth-order valence-electron chi connectivity index (χ4n) is 2.38. The topological polar surface area (TPSA) is 64.2 Å². The molecule has 21 heavy (non-hydrogen) atoms. The Morgan fingerprint density at radius 3 is 2.90 bits per heavy atom. The molecular formula is C15H18N4OS. The van der Waals surface area contributed by atoms with Crippen molar-refractivity contribution in [1.29, 1.82) is 0 Å². The van der Waals surface area contributed by atoms with Crippen LogP contribution in [0.4, 0.5) is 5.69 Å². The lowest BCUT2D eigenvalue weighted by atomic mass is 10.3. The predicted molar refractivity (Wildman–Crippen MR) is 85.8 cm³/mol. The summed E-state index contributed by atoms with van der Waals surface area (Å²) in [6.45, 7) is 1.61. The van der Waals surface area contributed by atoms with Gasteiger partial charge in [0.05, 0.1) is 11.4 Å². The van der Waals surface area contributed by atoms with Gasteiger partial charge in [0.15, 0.2) is 5.69 Å². The maximum absolute atomic E-state index is 12.5. The third-order valence-corrected chi connectivity index (χ3v) is 4.55. The summed E-state index contributed by atoms with van der Waals surface area (Å²) in [5.41, 5.74) is 7.86. The number of aromatic nitrogens is 2. The van der Waals surface area contributed by atoms with Gasteiger partial charge in [0.2, 0.25) is 0 Å². The zero-order chi connectivity index (χ0) is 14.7. The van der Waals surface area contributed by atoms with Crippen molar-refractivity contribution in [2.24, 2.45) is 0 Å². The number of amides is 1. The van der Waals surface area contributed by atoms with Gasteiger partial charge in [0.1, 0.15) is 0 Å². The molecule has 2 N–H and O–H groups in total. The maximum Gasteiger partial charge on any atom is 0.274 e. The summed E-state index contributed by atoms with van der Waals surface area (Å²) in [5.74, 6) is 2.13. The first-order valence-corrected chi connectivity index (χ1v) is 8.19. The minimum Gasteiger partial charge on any atom is -0.397 e. The highest BCUT2D eigenvalue weighted by Gasteiger charge is 2.19. The summed E-state index contributed by atoms with van der Waals surface area (Å²) in [6, 6.07) is 9.25. The van der Waals surface area contributed by atoms with Crippen molar-refractivity contribution in [3.63, 3.8) is 0 Å². The summed E-state index contributed by atoms with van der Waals surface area (Å²) in [7, 11) is 0. The van der Waals surface area contributed by atoms with Crippen LogP contribution in [0.1, 0.15) is 16.9 Å². The quantitative estimate of drug-likeness (QED) is 0.862. The van der Waals surface area contributed by atoms with Crippen LogP contribution in [0, 0.1) is 0 Å². The van der Waals surface area contributed by atoms with Gasteiger partial charge in [-0.2, -0.15) is 16.9 Å². The van der Waals surface area contributed by atoms with Gasteiger partial charge in [-0.3, -0.25) is 4.79 Å². The zero-order valence-corrected chi connectivity index (χ0v) is 12.6. The van der Waals surface area contributed by atoms with Crippen LogP contribution in [0.5, 0.6) is 0 Å². The van der Waals surface area contributed by atoms with Gasteiger partial charge in [-0.1, -0.05) is 12.1 Å². The van der Waals surface area contributed by atoms with Crippen molar-refractivity contribution in [3.05, 3.63) is 42.2 Å². The van der Waals surface area contributed by atoms with E-state index < -0.39 is 0 Å². The molecule has 0 radical (unpaired) electrons. The molecule has 0 aliphatic carbocycles. The van der Waals surface area contributed by atoms with Crippen LogP contribution in [-0.4, -0.2) is 45.2 Å². The van der Waals surface area contributed by atoms with E-state index in [4.69, 9.17) is 5.73 Å². The van der Waals surface area contributed by atoms with Gasteiger partial charge in [0.25, 0.3) is 5.91 Å². The minimum atomic E-state index is 0.00533. The first-order chi connectivity index (χ1) is 10.3. The Morgan fingerprint density at radius 1 is 1.19 bits per heavy atom. The number of carbonyl (C=O) groups excluding carboxylic acids is 1. The molecule has 0 saturated carbocycles. The number of thioether (sulfide) groups is 1. The van der Waals surface area contributed by atoms with Crippen LogP contribution in [0.15, 0.2) is 36.5 Å². The van der Waals surface area contributed by atoms with Gasteiger partial charge in [-0.25, -0.2) is 4.68 Å². The Labute approximate surface area is 128 Å². The lowest BCUT2D eigenvalue weighted by Crippen LogP contribution is -2.33. The number of benzene rings is 1. The largest absolute Gasteiger partial charge is 0.397 e. The Kier molecular flexibility index (Phi) is 4.15. The maximum atomic E-state index is 12.5.